The average Bonchev–Trinajstić information content (AvgIpc) is 2.46. The molecular formula is C17H24O4. The fourth-order valence-electron chi connectivity index (χ4n) is 3.34. The molecule has 21 heavy (non-hydrogen) atoms. The quantitative estimate of drug-likeness (QED) is 0.836. The van der Waals surface area contributed by atoms with Crippen LogP contribution in [0.15, 0.2) is 24.3 Å². The molecule has 2 aliphatic heterocycles. The molecule has 2 saturated heterocycles. The summed E-state index contributed by atoms with van der Waals surface area (Å²) in [5, 5.41) is 0. The third-order valence-electron chi connectivity index (χ3n) is 4.37. The normalized spacial score (nSPS) is 32.0. The van der Waals surface area contributed by atoms with Crippen molar-refractivity contribution < 1.29 is 18.9 Å². The van der Waals surface area contributed by atoms with Crippen LogP contribution in [-0.2, 0) is 14.2 Å². The second-order valence-corrected chi connectivity index (χ2v) is 6.56. The van der Waals surface area contributed by atoms with Crippen molar-refractivity contribution in [2.45, 2.75) is 50.6 Å². The monoisotopic (exact) mass is 292 g/mol. The smallest absolute Gasteiger partial charge is 0.184 e. The Morgan fingerprint density at radius 2 is 1.81 bits per heavy atom. The minimum absolute atomic E-state index is 0.120. The van der Waals surface area contributed by atoms with Crippen LogP contribution in [-0.4, -0.2) is 31.5 Å². The number of methoxy groups -OCH3 is 1. The summed E-state index contributed by atoms with van der Waals surface area (Å²) >= 11 is 0. The Morgan fingerprint density at radius 3 is 2.48 bits per heavy atom. The Labute approximate surface area is 126 Å². The first kappa shape index (κ1) is 14.8. The van der Waals surface area contributed by atoms with Crippen molar-refractivity contribution in [2.24, 2.45) is 0 Å². The van der Waals surface area contributed by atoms with Crippen LogP contribution < -0.4 is 4.74 Å². The third-order valence-corrected chi connectivity index (χ3v) is 4.37. The van der Waals surface area contributed by atoms with E-state index >= 15 is 0 Å². The van der Waals surface area contributed by atoms with Crippen LogP contribution in [0.2, 0.25) is 0 Å². The van der Waals surface area contributed by atoms with Gasteiger partial charge in [-0.05, 0) is 26.0 Å². The SMILES string of the molecule is COc1ccc([C@@H]2OCC[C@@]3(CCOC(C)(C)C3)O2)cc1. The highest BCUT2D eigenvalue weighted by Gasteiger charge is 2.45. The number of ether oxygens (including phenoxy) is 4. The molecule has 0 aromatic heterocycles. The highest BCUT2D eigenvalue weighted by atomic mass is 16.7. The Balaban J connectivity index is 1.75. The Morgan fingerprint density at radius 1 is 1.10 bits per heavy atom. The van der Waals surface area contributed by atoms with Gasteiger partial charge in [0.15, 0.2) is 6.29 Å². The van der Waals surface area contributed by atoms with Gasteiger partial charge in [-0.25, -0.2) is 0 Å². The van der Waals surface area contributed by atoms with Crippen molar-refractivity contribution in [3.63, 3.8) is 0 Å². The molecule has 1 spiro atoms. The first-order chi connectivity index (χ1) is 10.0. The fraction of sp³-hybridized carbons (Fsp3) is 0.647. The molecule has 4 nitrogen and oxygen atoms in total. The van der Waals surface area contributed by atoms with Gasteiger partial charge in [0.25, 0.3) is 0 Å². The number of hydrogen-bond acceptors (Lipinski definition) is 4. The van der Waals surface area contributed by atoms with E-state index in [1.54, 1.807) is 7.11 Å². The third kappa shape index (κ3) is 3.23. The first-order valence-electron chi connectivity index (χ1n) is 7.59. The minimum Gasteiger partial charge on any atom is -0.497 e. The Bertz CT molecular complexity index is 478. The van der Waals surface area contributed by atoms with E-state index in [0.29, 0.717) is 0 Å². The van der Waals surface area contributed by atoms with Crippen LogP contribution in [0.3, 0.4) is 0 Å². The maximum atomic E-state index is 6.37. The van der Waals surface area contributed by atoms with Crippen molar-refractivity contribution >= 4 is 0 Å². The van der Waals surface area contributed by atoms with E-state index in [0.717, 1.165) is 43.8 Å². The summed E-state index contributed by atoms with van der Waals surface area (Å²) in [6.45, 7) is 5.75. The zero-order valence-electron chi connectivity index (χ0n) is 13.1. The van der Waals surface area contributed by atoms with Gasteiger partial charge in [-0.1, -0.05) is 12.1 Å². The zero-order chi connectivity index (χ0) is 14.9. The van der Waals surface area contributed by atoms with Crippen LogP contribution in [0.1, 0.15) is 45.0 Å². The van der Waals surface area contributed by atoms with Gasteiger partial charge in [0.2, 0.25) is 0 Å². The second kappa shape index (κ2) is 5.59. The van der Waals surface area contributed by atoms with E-state index in [9.17, 15) is 0 Å². The van der Waals surface area contributed by atoms with Gasteiger partial charge in [-0.3, -0.25) is 0 Å². The molecule has 2 fully saturated rings. The van der Waals surface area contributed by atoms with Gasteiger partial charge in [0.1, 0.15) is 5.75 Å². The lowest BCUT2D eigenvalue weighted by atomic mass is 9.81. The van der Waals surface area contributed by atoms with E-state index < -0.39 is 0 Å². The fourth-order valence-corrected chi connectivity index (χ4v) is 3.34. The van der Waals surface area contributed by atoms with E-state index in [4.69, 9.17) is 18.9 Å². The molecule has 2 aliphatic rings. The number of rotatable bonds is 2. The summed E-state index contributed by atoms with van der Waals surface area (Å²) in [4.78, 5) is 0. The summed E-state index contributed by atoms with van der Waals surface area (Å²) in [6.07, 6.45) is 2.49. The molecule has 0 radical (unpaired) electrons. The largest absolute Gasteiger partial charge is 0.497 e. The van der Waals surface area contributed by atoms with Gasteiger partial charge in [-0.15, -0.1) is 0 Å². The molecule has 0 N–H and O–H groups in total. The zero-order valence-corrected chi connectivity index (χ0v) is 13.1. The molecular weight excluding hydrogens is 268 g/mol. The molecule has 0 bridgehead atoms. The van der Waals surface area contributed by atoms with Crippen LogP contribution in [0, 0.1) is 0 Å². The van der Waals surface area contributed by atoms with Crippen molar-refractivity contribution in [1.29, 1.82) is 0 Å². The molecule has 2 heterocycles. The lowest BCUT2D eigenvalue weighted by molar-refractivity contribution is -0.293. The number of hydrogen-bond donors (Lipinski definition) is 0. The summed E-state index contributed by atoms with van der Waals surface area (Å²) < 4.78 is 23.2. The number of benzene rings is 1. The molecule has 4 heteroatoms. The second-order valence-electron chi connectivity index (χ2n) is 6.56. The van der Waals surface area contributed by atoms with Crippen LogP contribution >= 0.6 is 0 Å². The maximum absolute atomic E-state index is 6.37. The molecule has 1 aromatic carbocycles. The average molecular weight is 292 g/mol. The Hall–Kier alpha value is -1.10. The lowest BCUT2D eigenvalue weighted by Crippen LogP contribution is -2.50. The standard InChI is InChI=1S/C17H24O4/c1-16(2)12-17(9-11-20-16)8-10-19-15(21-17)13-4-6-14(18-3)7-5-13/h4-7,15H,8-12H2,1-3H3/t15-,17+/m1/s1. The predicted octanol–water partition coefficient (Wildman–Crippen LogP) is 3.46. The molecule has 0 aliphatic carbocycles. The van der Waals surface area contributed by atoms with Crippen LogP contribution in [0.4, 0.5) is 0 Å². The molecule has 0 amide bonds. The van der Waals surface area contributed by atoms with Gasteiger partial charge < -0.3 is 18.9 Å². The molecule has 0 saturated carbocycles. The highest BCUT2D eigenvalue weighted by molar-refractivity contribution is 5.28. The van der Waals surface area contributed by atoms with Crippen molar-refractivity contribution in [1.82, 2.24) is 0 Å². The summed E-state index contributed by atoms with van der Waals surface area (Å²) in [7, 11) is 1.67. The van der Waals surface area contributed by atoms with Gasteiger partial charge in [-0.2, -0.15) is 0 Å². The van der Waals surface area contributed by atoms with Crippen molar-refractivity contribution in [3.05, 3.63) is 29.8 Å². The van der Waals surface area contributed by atoms with E-state index in [-0.39, 0.29) is 17.5 Å². The summed E-state index contributed by atoms with van der Waals surface area (Å²) in [5.41, 5.74) is 0.796. The molecule has 0 unspecified atom stereocenters. The van der Waals surface area contributed by atoms with Crippen LogP contribution in [0.25, 0.3) is 0 Å². The van der Waals surface area contributed by atoms with E-state index in [1.165, 1.54) is 0 Å². The van der Waals surface area contributed by atoms with Gasteiger partial charge in [0, 0.05) is 24.8 Å². The van der Waals surface area contributed by atoms with Crippen molar-refractivity contribution in [2.75, 3.05) is 20.3 Å². The maximum Gasteiger partial charge on any atom is 0.184 e. The first-order valence-corrected chi connectivity index (χ1v) is 7.59. The van der Waals surface area contributed by atoms with E-state index in [1.807, 2.05) is 24.3 Å². The van der Waals surface area contributed by atoms with E-state index in [2.05, 4.69) is 13.8 Å². The molecule has 2 atom stereocenters. The highest BCUT2D eigenvalue weighted by Crippen LogP contribution is 2.43. The Kier molecular flexibility index (Phi) is 3.95. The minimum atomic E-state index is -0.293. The summed E-state index contributed by atoms with van der Waals surface area (Å²) in [6, 6.07) is 7.90. The molecule has 116 valence electrons. The lowest BCUT2D eigenvalue weighted by Gasteiger charge is -2.48. The van der Waals surface area contributed by atoms with Crippen LogP contribution in [0.5, 0.6) is 5.75 Å². The van der Waals surface area contributed by atoms with Gasteiger partial charge in [0.05, 0.1) is 31.5 Å². The summed E-state index contributed by atoms with van der Waals surface area (Å²) in [5.74, 6) is 0.844. The topological polar surface area (TPSA) is 36.9 Å². The predicted molar refractivity (Wildman–Crippen MR) is 79.4 cm³/mol. The molecule has 3 rings (SSSR count). The van der Waals surface area contributed by atoms with Gasteiger partial charge >= 0.3 is 0 Å². The van der Waals surface area contributed by atoms with Crippen molar-refractivity contribution in [3.8, 4) is 5.75 Å². The molecule has 1 aromatic rings.